The number of amides is 3. The summed E-state index contributed by atoms with van der Waals surface area (Å²) < 4.78 is 0. The zero-order valence-corrected chi connectivity index (χ0v) is 24.4. The fraction of sp³-hybridized carbons (Fsp3) is 0.419. The molecule has 3 rings (SSSR count). The SMILES string of the molecule is CC(C)CC(N)C(=O)NC(C(=O)NC(Cc1ccc(O)cc1)C(=O)NC(Cc1c[nH]c2ccccc12)C(=O)O)C(C)C. The van der Waals surface area contributed by atoms with Crippen LogP contribution < -0.4 is 21.7 Å². The zero-order valence-electron chi connectivity index (χ0n) is 24.4. The predicted molar refractivity (Wildman–Crippen MR) is 160 cm³/mol. The Balaban J connectivity index is 1.81. The standard InChI is InChI=1S/C31H41N5O6/c1-17(2)13-23(32)28(38)36-27(18(3)4)30(40)34-25(14-19-9-11-21(37)12-10-19)29(39)35-26(31(41)42)15-20-16-33-24-8-6-5-7-22(20)24/h5-12,16-18,23,25-27,33,37H,13-15,32H2,1-4H3,(H,34,40)(H,35,39)(H,36,38)(H,41,42). The molecule has 2 aromatic carbocycles. The molecule has 8 N–H and O–H groups in total. The van der Waals surface area contributed by atoms with Gasteiger partial charge in [-0.1, -0.05) is 58.0 Å². The van der Waals surface area contributed by atoms with Crippen molar-refractivity contribution in [1.82, 2.24) is 20.9 Å². The van der Waals surface area contributed by atoms with E-state index in [2.05, 4.69) is 20.9 Å². The Labute approximate surface area is 245 Å². The number of hydrogen-bond acceptors (Lipinski definition) is 6. The summed E-state index contributed by atoms with van der Waals surface area (Å²) in [6, 6.07) is 9.34. The molecule has 0 aliphatic heterocycles. The number of aromatic nitrogens is 1. The summed E-state index contributed by atoms with van der Waals surface area (Å²) in [6.45, 7) is 7.40. The number of fused-ring (bicyclic) bond motifs is 1. The first kappa shape index (κ1) is 32.1. The van der Waals surface area contributed by atoms with Crippen molar-refractivity contribution in [2.45, 2.75) is 71.1 Å². The molecule has 11 heteroatoms. The van der Waals surface area contributed by atoms with Gasteiger partial charge in [0.25, 0.3) is 0 Å². The third-order valence-electron chi connectivity index (χ3n) is 7.03. The first-order valence-corrected chi connectivity index (χ1v) is 14.1. The van der Waals surface area contributed by atoms with Crippen LogP contribution in [0.5, 0.6) is 5.75 Å². The molecule has 3 aromatic rings. The number of carboxylic acids is 1. The highest BCUT2D eigenvalue weighted by Crippen LogP contribution is 2.19. The van der Waals surface area contributed by atoms with Gasteiger partial charge in [0.1, 0.15) is 23.9 Å². The molecule has 0 aliphatic carbocycles. The van der Waals surface area contributed by atoms with Gasteiger partial charge in [-0.25, -0.2) is 4.79 Å². The Bertz CT molecular complexity index is 1380. The minimum atomic E-state index is -1.27. The Morgan fingerprint density at radius 1 is 0.833 bits per heavy atom. The Hall–Kier alpha value is -4.38. The quantitative estimate of drug-likeness (QED) is 0.152. The molecule has 1 aromatic heterocycles. The van der Waals surface area contributed by atoms with Gasteiger partial charge >= 0.3 is 5.97 Å². The minimum Gasteiger partial charge on any atom is -0.508 e. The third-order valence-corrected chi connectivity index (χ3v) is 7.03. The lowest BCUT2D eigenvalue weighted by molar-refractivity contribution is -0.142. The monoisotopic (exact) mass is 579 g/mol. The van der Waals surface area contributed by atoms with Crippen LogP contribution in [0.4, 0.5) is 0 Å². The van der Waals surface area contributed by atoms with Crippen molar-refractivity contribution in [3.8, 4) is 5.75 Å². The molecule has 0 spiro atoms. The molecular formula is C31H41N5O6. The van der Waals surface area contributed by atoms with Crippen molar-refractivity contribution < 1.29 is 29.4 Å². The first-order valence-electron chi connectivity index (χ1n) is 14.1. The number of carboxylic acid groups (broad SMARTS) is 1. The van der Waals surface area contributed by atoms with Crippen LogP contribution in [0.15, 0.2) is 54.7 Å². The second kappa shape index (κ2) is 14.5. The van der Waals surface area contributed by atoms with Gasteiger partial charge < -0.3 is 36.9 Å². The number of benzene rings is 2. The smallest absolute Gasteiger partial charge is 0.326 e. The summed E-state index contributed by atoms with van der Waals surface area (Å²) in [6.07, 6.45) is 2.19. The van der Waals surface area contributed by atoms with Crippen molar-refractivity contribution in [2.75, 3.05) is 0 Å². The number of rotatable bonds is 14. The molecule has 0 fully saturated rings. The second-order valence-corrected chi connectivity index (χ2v) is 11.4. The number of aliphatic carboxylic acids is 1. The number of para-hydroxylation sites is 1. The van der Waals surface area contributed by atoms with Crippen LogP contribution in [-0.4, -0.2) is 63.1 Å². The van der Waals surface area contributed by atoms with E-state index < -0.39 is 47.9 Å². The maximum absolute atomic E-state index is 13.5. The lowest BCUT2D eigenvalue weighted by atomic mass is 9.99. The van der Waals surface area contributed by atoms with E-state index in [1.807, 2.05) is 38.1 Å². The van der Waals surface area contributed by atoms with Crippen LogP contribution in [0.1, 0.15) is 45.2 Å². The number of aromatic hydroxyl groups is 1. The number of carbonyl (C=O) groups is 4. The lowest BCUT2D eigenvalue weighted by Gasteiger charge is -2.27. The molecular weight excluding hydrogens is 538 g/mol. The van der Waals surface area contributed by atoms with Crippen molar-refractivity contribution in [1.29, 1.82) is 0 Å². The average Bonchev–Trinajstić information content (AvgIpc) is 3.33. The van der Waals surface area contributed by atoms with E-state index in [0.717, 1.165) is 16.5 Å². The van der Waals surface area contributed by atoms with E-state index >= 15 is 0 Å². The number of nitrogens with two attached hydrogens (primary N) is 1. The van der Waals surface area contributed by atoms with Gasteiger partial charge in [-0.15, -0.1) is 0 Å². The normalized spacial score (nSPS) is 14.3. The Morgan fingerprint density at radius 2 is 1.48 bits per heavy atom. The summed E-state index contributed by atoms with van der Waals surface area (Å²) >= 11 is 0. The highest BCUT2D eigenvalue weighted by atomic mass is 16.4. The largest absolute Gasteiger partial charge is 0.508 e. The van der Waals surface area contributed by atoms with Gasteiger partial charge in [0, 0.05) is 29.9 Å². The maximum Gasteiger partial charge on any atom is 0.326 e. The number of phenols is 1. The van der Waals surface area contributed by atoms with Crippen molar-refractivity contribution in [3.63, 3.8) is 0 Å². The highest BCUT2D eigenvalue weighted by Gasteiger charge is 2.32. The molecule has 0 saturated heterocycles. The van der Waals surface area contributed by atoms with Gasteiger partial charge in [0.2, 0.25) is 17.7 Å². The van der Waals surface area contributed by atoms with Crippen molar-refractivity contribution in [2.24, 2.45) is 17.6 Å². The number of aromatic amines is 1. The van der Waals surface area contributed by atoms with Gasteiger partial charge in [0.15, 0.2) is 0 Å². The summed E-state index contributed by atoms with van der Waals surface area (Å²) in [5.74, 6) is -3.11. The van der Waals surface area contributed by atoms with Crippen LogP contribution in [0.2, 0.25) is 0 Å². The fourth-order valence-electron chi connectivity index (χ4n) is 4.74. The second-order valence-electron chi connectivity index (χ2n) is 11.4. The van der Waals surface area contributed by atoms with E-state index in [1.165, 1.54) is 12.1 Å². The molecule has 0 radical (unpaired) electrons. The van der Waals surface area contributed by atoms with Crippen LogP contribution >= 0.6 is 0 Å². The summed E-state index contributed by atoms with van der Waals surface area (Å²) in [4.78, 5) is 55.0. The highest BCUT2D eigenvalue weighted by molar-refractivity contribution is 5.94. The van der Waals surface area contributed by atoms with E-state index in [9.17, 15) is 29.4 Å². The summed E-state index contributed by atoms with van der Waals surface area (Å²) in [5, 5.41) is 28.5. The molecule has 0 saturated carbocycles. The molecule has 4 unspecified atom stereocenters. The zero-order chi connectivity index (χ0) is 31.0. The molecule has 0 bridgehead atoms. The average molecular weight is 580 g/mol. The van der Waals surface area contributed by atoms with E-state index in [1.54, 1.807) is 32.2 Å². The fourth-order valence-corrected chi connectivity index (χ4v) is 4.74. The van der Waals surface area contributed by atoms with Crippen LogP contribution in [-0.2, 0) is 32.0 Å². The van der Waals surface area contributed by atoms with Gasteiger partial charge in [-0.05, 0) is 47.6 Å². The lowest BCUT2D eigenvalue weighted by Crippen LogP contribution is -2.59. The minimum absolute atomic E-state index is 0.0168. The molecule has 4 atom stereocenters. The predicted octanol–water partition coefficient (Wildman–Crippen LogP) is 2.23. The number of carbonyl (C=O) groups excluding carboxylic acids is 3. The van der Waals surface area contributed by atoms with E-state index in [4.69, 9.17) is 5.73 Å². The van der Waals surface area contributed by atoms with Crippen molar-refractivity contribution >= 4 is 34.6 Å². The maximum atomic E-state index is 13.5. The van der Waals surface area contributed by atoms with Crippen LogP contribution in [0, 0.1) is 11.8 Å². The number of phenolic OH excluding ortho intramolecular Hbond substituents is 1. The summed E-state index contributed by atoms with van der Waals surface area (Å²) in [7, 11) is 0. The first-order chi connectivity index (χ1) is 19.8. The molecule has 11 nitrogen and oxygen atoms in total. The van der Waals surface area contributed by atoms with E-state index in [0.29, 0.717) is 12.0 Å². The molecule has 1 heterocycles. The third kappa shape index (κ3) is 8.81. The molecule has 226 valence electrons. The van der Waals surface area contributed by atoms with Gasteiger partial charge in [-0.2, -0.15) is 0 Å². The topological polar surface area (TPSA) is 187 Å². The Kier molecular flexibility index (Phi) is 11.1. The van der Waals surface area contributed by atoms with Crippen LogP contribution in [0.3, 0.4) is 0 Å². The van der Waals surface area contributed by atoms with Crippen molar-refractivity contribution in [3.05, 3.63) is 65.9 Å². The van der Waals surface area contributed by atoms with Gasteiger partial charge in [-0.3, -0.25) is 14.4 Å². The number of nitrogens with one attached hydrogen (secondary N) is 4. The molecule has 0 aliphatic rings. The number of hydrogen-bond donors (Lipinski definition) is 7. The van der Waals surface area contributed by atoms with Gasteiger partial charge in [0.05, 0.1) is 6.04 Å². The number of H-pyrrole nitrogens is 1. The summed E-state index contributed by atoms with van der Waals surface area (Å²) in [5.41, 5.74) is 8.21. The Morgan fingerprint density at radius 3 is 2.10 bits per heavy atom. The van der Waals surface area contributed by atoms with E-state index in [-0.39, 0.29) is 30.4 Å². The molecule has 3 amide bonds. The molecule has 42 heavy (non-hydrogen) atoms. The van der Waals surface area contributed by atoms with Crippen LogP contribution in [0.25, 0.3) is 10.9 Å².